The van der Waals surface area contributed by atoms with Crippen LogP contribution in [0.15, 0.2) is 29.2 Å². The van der Waals surface area contributed by atoms with Crippen LogP contribution in [-0.4, -0.2) is 42.6 Å². The summed E-state index contributed by atoms with van der Waals surface area (Å²) in [7, 11) is -4.40. The Morgan fingerprint density at radius 1 is 1.16 bits per heavy atom. The summed E-state index contributed by atoms with van der Waals surface area (Å²) in [6.45, 7) is 11.9. The molecule has 8 heteroatoms. The second-order valence-electron chi connectivity index (χ2n) is 12.6. The Bertz CT molecular complexity index is 1160. The van der Waals surface area contributed by atoms with Crippen molar-refractivity contribution in [2.75, 3.05) is 0 Å². The lowest BCUT2D eigenvalue weighted by molar-refractivity contribution is -0.199. The minimum atomic E-state index is -4.40. The minimum absolute atomic E-state index is 0.0197. The molecule has 0 aromatic heterocycles. The molecule has 3 fully saturated rings. The number of carboxylic acids is 1. The Kier molecular flexibility index (Phi) is 7.22. The van der Waals surface area contributed by atoms with Crippen molar-refractivity contribution in [3.8, 4) is 0 Å². The fraction of sp³-hybridized carbons (Fsp3) is 0.724. The first kappa shape index (κ1) is 28.2. The van der Waals surface area contributed by atoms with Gasteiger partial charge < -0.3 is 10.2 Å². The number of carbonyl (C=O) groups excluding carboxylic acids is 1. The maximum atomic E-state index is 13.6. The molecule has 0 saturated heterocycles. The first-order valence-electron chi connectivity index (χ1n) is 13.6. The number of carboxylic acid groups (broad SMARTS) is 1. The minimum Gasteiger partial charge on any atom is -0.479 e. The van der Waals surface area contributed by atoms with Crippen LogP contribution in [0, 0.1) is 46.8 Å². The predicted molar refractivity (Wildman–Crippen MR) is 139 cm³/mol. The highest BCUT2D eigenvalue weighted by Crippen LogP contribution is 2.69. The normalized spacial score (nSPS) is 40.9. The van der Waals surface area contributed by atoms with E-state index in [9.17, 15) is 28.2 Å². The SMILES string of the molecule is CC[C@]1(C)C[C@@H](C(OS(=O)(=O)c2ccc(C)cc2)C(=O)O)[C@@]2(C)[C@H](C)CC[C@]3(CCC(=O)[C@H]32)[C@@H](C)[C@@H]1O. The Balaban J connectivity index is 1.90. The summed E-state index contributed by atoms with van der Waals surface area (Å²) in [5.41, 5.74) is -1.04. The van der Waals surface area contributed by atoms with Gasteiger partial charge in [-0.15, -0.1) is 0 Å². The number of aliphatic hydroxyl groups excluding tert-OH is 1. The number of aryl methyl sites for hydroxylation is 1. The number of ketones is 1. The topological polar surface area (TPSA) is 118 Å². The maximum Gasteiger partial charge on any atom is 0.334 e. The zero-order valence-electron chi connectivity index (χ0n) is 22.9. The number of carbonyl (C=O) groups is 2. The second kappa shape index (κ2) is 9.45. The van der Waals surface area contributed by atoms with Crippen molar-refractivity contribution < 1.29 is 32.4 Å². The van der Waals surface area contributed by atoms with Crippen molar-refractivity contribution in [3.63, 3.8) is 0 Å². The summed E-state index contributed by atoms with van der Waals surface area (Å²) in [5, 5.41) is 22.2. The zero-order valence-corrected chi connectivity index (χ0v) is 23.7. The largest absolute Gasteiger partial charge is 0.479 e. The van der Waals surface area contributed by atoms with E-state index in [4.69, 9.17) is 4.18 Å². The van der Waals surface area contributed by atoms with E-state index in [0.717, 1.165) is 18.4 Å². The van der Waals surface area contributed by atoms with Crippen molar-refractivity contribution >= 4 is 21.9 Å². The fourth-order valence-corrected chi connectivity index (χ4v) is 9.37. The highest BCUT2D eigenvalue weighted by Gasteiger charge is 2.69. The number of hydrogen-bond acceptors (Lipinski definition) is 6. The molecule has 0 heterocycles. The molecular weight excluding hydrogens is 492 g/mol. The third-order valence-corrected chi connectivity index (χ3v) is 12.3. The molecule has 3 aliphatic carbocycles. The summed E-state index contributed by atoms with van der Waals surface area (Å²) in [5.74, 6) is -2.66. The van der Waals surface area contributed by atoms with Gasteiger partial charge in [0, 0.05) is 18.3 Å². The molecule has 3 saturated carbocycles. The second-order valence-corrected chi connectivity index (χ2v) is 14.2. The molecule has 206 valence electrons. The van der Waals surface area contributed by atoms with Crippen molar-refractivity contribution in [2.24, 2.45) is 39.9 Å². The number of aliphatic hydroxyl groups is 1. The van der Waals surface area contributed by atoms with Crippen molar-refractivity contribution in [2.45, 2.75) is 97.2 Å². The summed E-state index contributed by atoms with van der Waals surface area (Å²) in [6, 6.07) is 6.12. The molecule has 0 aliphatic heterocycles. The highest BCUT2D eigenvalue weighted by atomic mass is 32.2. The lowest BCUT2D eigenvalue weighted by Gasteiger charge is -2.63. The quantitative estimate of drug-likeness (QED) is 0.494. The van der Waals surface area contributed by atoms with Crippen LogP contribution < -0.4 is 0 Å². The summed E-state index contributed by atoms with van der Waals surface area (Å²) >= 11 is 0. The molecule has 4 rings (SSSR count). The number of benzene rings is 1. The van der Waals surface area contributed by atoms with Crippen molar-refractivity contribution in [1.82, 2.24) is 0 Å². The molecule has 1 aromatic carbocycles. The standard InChI is InChI=1S/C29H42O7S/c1-7-27(5)16-21(23(26(32)33)36-37(34,35)20-10-8-17(2)9-11-20)28(6)18(3)12-14-29(19(4)25(27)31)15-13-22(30)24(28)29/h8-11,18-19,21,23-25,31H,7,12-16H2,1-6H3,(H,32,33)/t18-,19+,21+,23?,24+,25+,27-,28-,29+/m1/s1. The smallest absolute Gasteiger partial charge is 0.334 e. The molecule has 7 nitrogen and oxygen atoms in total. The predicted octanol–water partition coefficient (Wildman–Crippen LogP) is 4.99. The zero-order chi connectivity index (χ0) is 27.6. The first-order valence-corrected chi connectivity index (χ1v) is 15.0. The third kappa shape index (κ3) is 4.27. The molecule has 2 bridgehead atoms. The van der Waals surface area contributed by atoms with E-state index in [1.54, 1.807) is 12.1 Å². The van der Waals surface area contributed by atoms with Crippen molar-refractivity contribution in [3.05, 3.63) is 29.8 Å². The van der Waals surface area contributed by atoms with Gasteiger partial charge in [0.2, 0.25) is 0 Å². The van der Waals surface area contributed by atoms with Gasteiger partial charge in [-0.05, 0) is 79.2 Å². The van der Waals surface area contributed by atoms with Gasteiger partial charge >= 0.3 is 5.97 Å². The van der Waals surface area contributed by atoms with E-state index >= 15 is 0 Å². The highest BCUT2D eigenvalue weighted by molar-refractivity contribution is 7.86. The molecule has 37 heavy (non-hydrogen) atoms. The van der Waals surface area contributed by atoms with Gasteiger partial charge in [0.15, 0.2) is 6.10 Å². The van der Waals surface area contributed by atoms with Gasteiger partial charge in [-0.25, -0.2) is 4.79 Å². The van der Waals surface area contributed by atoms with Gasteiger partial charge in [0.05, 0.1) is 11.0 Å². The van der Waals surface area contributed by atoms with Crippen LogP contribution in [0.4, 0.5) is 0 Å². The van der Waals surface area contributed by atoms with E-state index in [0.29, 0.717) is 19.3 Å². The summed E-state index contributed by atoms with van der Waals surface area (Å²) < 4.78 is 32.3. The van der Waals surface area contributed by atoms with E-state index in [1.807, 2.05) is 34.6 Å². The number of rotatable bonds is 6. The lowest BCUT2D eigenvalue weighted by atomic mass is 9.41. The Morgan fingerprint density at radius 2 is 1.78 bits per heavy atom. The molecule has 3 aliphatic rings. The summed E-state index contributed by atoms with van der Waals surface area (Å²) in [4.78, 5) is 26.4. The third-order valence-electron chi connectivity index (χ3n) is 11.0. The Hall–Kier alpha value is -1.77. The van der Waals surface area contributed by atoms with Gasteiger partial charge in [0.25, 0.3) is 10.1 Å². The lowest BCUT2D eigenvalue weighted by Crippen LogP contribution is -2.63. The van der Waals surface area contributed by atoms with E-state index in [1.165, 1.54) is 12.1 Å². The van der Waals surface area contributed by atoms with Gasteiger partial charge in [0.1, 0.15) is 5.78 Å². The molecule has 0 radical (unpaired) electrons. The number of hydrogen-bond donors (Lipinski definition) is 2. The molecule has 0 amide bonds. The van der Waals surface area contributed by atoms with Crippen LogP contribution in [0.5, 0.6) is 0 Å². The summed E-state index contributed by atoms with van der Waals surface area (Å²) in [6.07, 6.45) is 1.05. The van der Waals surface area contributed by atoms with E-state index < -0.39 is 56.4 Å². The van der Waals surface area contributed by atoms with Crippen LogP contribution in [0.1, 0.15) is 78.7 Å². The van der Waals surface area contributed by atoms with Crippen LogP contribution in [0.3, 0.4) is 0 Å². The average Bonchev–Trinajstić information content (AvgIpc) is 3.20. The molecule has 1 aromatic rings. The fourth-order valence-electron chi connectivity index (χ4n) is 8.30. The van der Waals surface area contributed by atoms with E-state index in [2.05, 4.69) is 6.92 Å². The van der Waals surface area contributed by atoms with Gasteiger partial charge in [-0.3, -0.25) is 8.98 Å². The molecule has 1 unspecified atom stereocenters. The molecule has 0 spiro atoms. The van der Waals surface area contributed by atoms with Crippen LogP contribution in [-0.2, 0) is 23.9 Å². The monoisotopic (exact) mass is 534 g/mol. The molecular formula is C29H42O7S. The van der Waals surface area contributed by atoms with Crippen LogP contribution in [0.25, 0.3) is 0 Å². The Labute approximate surface area is 221 Å². The average molecular weight is 535 g/mol. The number of Topliss-reactive ketones (excluding diaryl/α,β-unsaturated/α-hetero) is 1. The first-order chi connectivity index (χ1) is 17.1. The molecule has 9 atom stereocenters. The van der Waals surface area contributed by atoms with Gasteiger partial charge in [-0.2, -0.15) is 8.42 Å². The van der Waals surface area contributed by atoms with Crippen molar-refractivity contribution in [1.29, 1.82) is 0 Å². The molecule has 2 N–H and O–H groups in total. The Morgan fingerprint density at radius 3 is 2.35 bits per heavy atom. The van der Waals surface area contributed by atoms with Gasteiger partial charge in [-0.1, -0.05) is 52.3 Å². The number of aliphatic carboxylic acids is 1. The maximum absolute atomic E-state index is 13.6. The van der Waals surface area contributed by atoms with E-state index in [-0.39, 0.29) is 28.9 Å². The van der Waals surface area contributed by atoms with Crippen LogP contribution in [0.2, 0.25) is 0 Å². The van der Waals surface area contributed by atoms with Crippen LogP contribution >= 0.6 is 0 Å².